The molecule has 4 saturated heterocycles. The van der Waals surface area contributed by atoms with Crippen LogP contribution >= 0.6 is 0 Å². The van der Waals surface area contributed by atoms with Crippen molar-refractivity contribution in [1.82, 2.24) is 44.7 Å². The van der Waals surface area contributed by atoms with E-state index in [0.717, 1.165) is 141 Å². The number of aryl methyl sites for hydroxylation is 2. The van der Waals surface area contributed by atoms with Gasteiger partial charge in [0, 0.05) is 116 Å². The van der Waals surface area contributed by atoms with Gasteiger partial charge < -0.3 is 30.1 Å². The molecule has 1 aliphatic carbocycles. The number of piperidine rings is 2. The number of ether oxygens (including phenoxy) is 1. The number of carbonyl (C=O) groups excluding carboxylic acids is 5. The van der Waals surface area contributed by atoms with Crippen molar-refractivity contribution in [2.45, 2.75) is 115 Å². The lowest BCUT2D eigenvalue weighted by Gasteiger charge is -2.42. The van der Waals surface area contributed by atoms with E-state index in [0.29, 0.717) is 60.7 Å². The first kappa shape index (κ1) is 48.8. The Balaban J connectivity index is 0.672. The number of amides is 4. The van der Waals surface area contributed by atoms with Crippen LogP contribution in [0.4, 0.5) is 23.1 Å². The molecular formula is C50H72N12O6. The van der Waals surface area contributed by atoms with Gasteiger partial charge in [-0.15, -0.1) is 0 Å². The Hall–Kier alpha value is -5.62. The highest BCUT2D eigenvalue weighted by Crippen LogP contribution is 2.31. The third kappa shape index (κ3) is 12.7. The number of piperazine rings is 2. The van der Waals surface area contributed by atoms with Gasteiger partial charge >= 0.3 is 5.97 Å². The highest BCUT2D eigenvalue weighted by atomic mass is 16.5. The quantitative estimate of drug-likeness (QED) is 0.0948. The zero-order valence-corrected chi connectivity index (χ0v) is 40.4. The van der Waals surface area contributed by atoms with Crippen molar-refractivity contribution in [2.75, 3.05) is 94.1 Å². The number of anilines is 4. The monoisotopic (exact) mass is 937 g/mol. The Morgan fingerprint density at radius 1 is 0.809 bits per heavy atom. The number of imide groups is 1. The van der Waals surface area contributed by atoms with Gasteiger partial charge in [-0.05, 0) is 108 Å². The number of rotatable bonds is 17. The van der Waals surface area contributed by atoms with Gasteiger partial charge in [-0.25, -0.2) is 9.78 Å². The van der Waals surface area contributed by atoms with Crippen LogP contribution in [0.15, 0.2) is 36.7 Å². The zero-order chi connectivity index (χ0) is 47.6. The second kappa shape index (κ2) is 23.1. The van der Waals surface area contributed by atoms with Crippen LogP contribution in [0.2, 0.25) is 0 Å². The molecule has 4 amide bonds. The maximum absolute atomic E-state index is 13.2. The van der Waals surface area contributed by atoms with Crippen LogP contribution in [0.25, 0.3) is 0 Å². The summed E-state index contributed by atoms with van der Waals surface area (Å²) in [5.74, 6) is 0.867. The minimum absolute atomic E-state index is 0.153. The lowest BCUT2D eigenvalue weighted by Crippen LogP contribution is -2.53. The molecule has 1 saturated carbocycles. The zero-order valence-electron chi connectivity index (χ0n) is 40.4. The van der Waals surface area contributed by atoms with Gasteiger partial charge in [-0.3, -0.25) is 39.0 Å². The Bertz CT molecular complexity index is 2200. The molecule has 0 bridgehead atoms. The number of carbonyl (C=O) groups is 5. The van der Waals surface area contributed by atoms with Gasteiger partial charge in [0.25, 0.3) is 0 Å². The van der Waals surface area contributed by atoms with E-state index >= 15 is 0 Å². The van der Waals surface area contributed by atoms with Crippen molar-refractivity contribution in [1.29, 1.82) is 0 Å². The van der Waals surface area contributed by atoms with Crippen molar-refractivity contribution in [2.24, 2.45) is 13.0 Å². The smallest absolute Gasteiger partial charge is 0.343 e. The number of unbranched alkanes of at least 4 members (excludes halogenated alkanes) is 1. The number of nitrogens with one attached hydrogen (secondary N) is 3. The molecular weight excluding hydrogens is 865 g/mol. The van der Waals surface area contributed by atoms with E-state index in [9.17, 15) is 24.0 Å². The number of esters is 1. The molecule has 18 heteroatoms. The summed E-state index contributed by atoms with van der Waals surface area (Å²) in [5, 5.41) is 13.4. The molecule has 368 valence electrons. The minimum Gasteiger partial charge on any atom is -0.462 e. The van der Waals surface area contributed by atoms with Gasteiger partial charge in [0.2, 0.25) is 29.6 Å². The lowest BCUT2D eigenvalue weighted by atomic mass is 9.89. The fraction of sp³-hybridized carbons (Fsp3) is 0.640. The van der Waals surface area contributed by atoms with Crippen LogP contribution in [-0.2, 0) is 31.0 Å². The van der Waals surface area contributed by atoms with Crippen LogP contribution in [0.5, 0.6) is 0 Å². The first-order chi connectivity index (χ1) is 33.0. The topological polar surface area (TPSA) is 190 Å². The Labute approximate surface area is 400 Å². The summed E-state index contributed by atoms with van der Waals surface area (Å²) in [6.07, 6.45) is 14.2. The van der Waals surface area contributed by atoms with E-state index in [4.69, 9.17) is 9.72 Å². The average Bonchev–Trinajstić information content (AvgIpc) is 3.76. The molecule has 1 aromatic carbocycles. The van der Waals surface area contributed by atoms with E-state index < -0.39 is 5.97 Å². The molecule has 2 aromatic heterocycles. The largest absolute Gasteiger partial charge is 0.462 e. The molecule has 68 heavy (non-hydrogen) atoms. The van der Waals surface area contributed by atoms with Crippen LogP contribution in [0, 0.1) is 12.8 Å². The number of aromatic nitrogens is 4. The van der Waals surface area contributed by atoms with E-state index in [1.54, 1.807) is 24.7 Å². The first-order valence-corrected chi connectivity index (χ1v) is 25.3. The van der Waals surface area contributed by atoms with Gasteiger partial charge in [-0.1, -0.05) is 12.1 Å². The summed E-state index contributed by atoms with van der Waals surface area (Å²) < 4.78 is 7.07. The van der Waals surface area contributed by atoms with E-state index in [1.807, 2.05) is 35.2 Å². The van der Waals surface area contributed by atoms with E-state index in [2.05, 4.69) is 52.9 Å². The SMILES string of the molecule is CCOC(=O)c1c(C)nc(Nc2cnn(C)c2)nc1NC1CCC(N2CCN(C(=O)CCCCC(=O)N3CCC(CCN4CCN(c5ccc(C6CCC(=O)NC6=O)cc5)CC4)CC3)CC2)CC1. The molecule has 18 nitrogen and oxygen atoms in total. The first-order valence-electron chi connectivity index (χ1n) is 25.3. The van der Waals surface area contributed by atoms with Crippen molar-refractivity contribution in [3.8, 4) is 0 Å². The predicted molar refractivity (Wildman–Crippen MR) is 260 cm³/mol. The van der Waals surface area contributed by atoms with Gasteiger partial charge in [0.05, 0.1) is 30.1 Å². The molecule has 5 aliphatic rings. The van der Waals surface area contributed by atoms with Gasteiger partial charge in [-0.2, -0.15) is 10.1 Å². The molecule has 1 atom stereocenters. The fourth-order valence-electron chi connectivity index (χ4n) is 10.8. The predicted octanol–water partition coefficient (Wildman–Crippen LogP) is 4.84. The second-order valence-electron chi connectivity index (χ2n) is 19.4. The van der Waals surface area contributed by atoms with Crippen LogP contribution in [0.1, 0.15) is 118 Å². The number of hydrogen-bond acceptors (Lipinski definition) is 14. The molecule has 8 rings (SSSR count). The summed E-state index contributed by atoms with van der Waals surface area (Å²) in [4.78, 5) is 84.0. The summed E-state index contributed by atoms with van der Waals surface area (Å²) in [6.45, 7) is 13.8. The lowest BCUT2D eigenvalue weighted by molar-refractivity contribution is -0.135. The van der Waals surface area contributed by atoms with Crippen molar-refractivity contribution < 1.29 is 28.7 Å². The molecule has 4 aliphatic heterocycles. The fourth-order valence-corrected chi connectivity index (χ4v) is 10.8. The molecule has 5 fully saturated rings. The number of benzene rings is 1. The molecule has 3 N–H and O–H groups in total. The summed E-state index contributed by atoms with van der Waals surface area (Å²) in [6, 6.07) is 8.89. The Morgan fingerprint density at radius 3 is 2.12 bits per heavy atom. The second-order valence-corrected chi connectivity index (χ2v) is 19.4. The van der Waals surface area contributed by atoms with Crippen molar-refractivity contribution >= 4 is 52.7 Å². The maximum atomic E-state index is 13.2. The molecule has 0 radical (unpaired) electrons. The maximum Gasteiger partial charge on any atom is 0.343 e. The highest BCUT2D eigenvalue weighted by molar-refractivity contribution is 6.01. The van der Waals surface area contributed by atoms with Crippen LogP contribution < -0.4 is 20.9 Å². The van der Waals surface area contributed by atoms with E-state index in [-0.39, 0.29) is 42.2 Å². The standard InChI is InChI=1S/C50H72N12O6/c1-4-68-49(67)46-35(2)52-50(54-39-33-51-57(3)34-39)56-47(46)53-38-11-15-41(16-12-38)60-29-31-62(32-30-60)45(65)8-6-5-7-44(64)61-23-20-36(21-24-61)19-22-58-25-27-59(28-26-58)40-13-9-37(10-14-40)42-17-18-43(63)55-48(42)66/h9-10,13-14,33-34,36,38,41-42H,4-8,11-12,15-32H2,1-3H3,(H,55,63,66)(H2,52,53,54,56). The summed E-state index contributed by atoms with van der Waals surface area (Å²) in [5.41, 5.74) is 3.80. The van der Waals surface area contributed by atoms with Gasteiger partial charge in [0.1, 0.15) is 11.4 Å². The number of likely N-dealkylation sites (tertiary alicyclic amines) is 1. The molecule has 6 heterocycles. The molecule has 3 aromatic rings. The molecule has 1 unspecified atom stereocenters. The highest BCUT2D eigenvalue weighted by Gasteiger charge is 2.32. The summed E-state index contributed by atoms with van der Waals surface area (Å²) >= 11 is 0. The van der Waals surface area contributed by atoms with Crippen molar-refractivity contribution in [3.05, 3.63) is 53.5 Å². The van der Waals surface area contributed by atoms with Gasteiger partial charge in [0.15, 0.2) is 0 Å². The number of nitrogens with zero attached hydrogens (tertiary/aromatic N) is 9. The van der Waals surface area contributed by atoms with Crippen molar-refractivity contribution in [3.63, 3.8) is 0 Å². The normalized spacial score (nSPS) is 22.2. The molecule has 0 spiro atoms. The summed E-state index contributed by atoms with van der Waals surface area (Å²) in [7, 11) is 1.84. The average molecular weight is 937 g/mol. The Kier molecular flexibility index (Phi) is 16.6. The Morgan fingerprint density at radius 2 is 1.49 bits per heavy atom. The van der Waals surface area contributed by atoms with Crippen LogP contribution in [0.3, 0.4) is 0 Å². The minimum atomic E-state index is -0.437. The number of hydrogen-bond donors (Lipinski definition) is 3. The third-order valence-electron chi connectivity index (χ3n) is 14.9. The van der Waals surface area contributed by atoms with E-state index in [1.165, 1.54) is 5.69 Å². The third-order valence-corrected chi connectivity index (χ3v) is 14.9. The van der Waals surface area contributed by atoms with Crippen LogP contribution in [-0.4, -0.2) is 160 Å².